The summed E-state index contributed by atoms with van der Waals surface area (Å²) in [5.74, 6) is -1.29. The average Bonchev–Trinajstić information content (AvgIpc) is 2.44. The highest BCUT2D eigenvalue weighted by Crippen LogP contribution is 2.33. The van der Waals surface area contributed by atoms with Crippen molar-refractivity contribution in [2.24, 2.45) is 5.92 Å². The SMILES string of the molecule is CCCC(C#N)C(=O)c1cccc([N+](=O)[O-])c1OCC. The van der Waals surface area contributed by atoms with Crippen LogP contribution in [0.5, 0.6) is 5.75 Å². The highest BCUT2D eigenvalue weighted by Gasteiger charge is 2.27. The number of nitro benzene ring substituents is 1. The molecule has 0 bridgehead atoms. The first-order chi connectivity index (χ1) is 9.56. The maximum atomic E-state index is 12.3. The van der Waals surface area contributed by atoms with Gasteiger partial charge in [0.05, 0.1) is 23.2 Å². The molecular formula is C14H16N2O4. The lowest BCUT2D eigenvalue weighted by Gasteiger charge is -2.12. The maximum absolute atomic E-state index is 12.3. The molecule has 0 aliphatic carbocycles. The van der Waals surface area contributed by atoms with Gasteiger partial charge < -0.3 is 4.74 Å². The molecule has 0 spiro atoms. The number of hydrogen-bond donors (Lipinski definition) is 0. The Kier molecular flexibility index (Phi) is 5.66. The van der Waals surface area contributed by atoms with E-state index in [1.165, 1.54) is 18.2 Å². The molecule has 6 nitrogen and oxygen atoms in total. The van der Waals surface area contributed by atoms with Crippen LogP contribution in [0, 0.1) is 27.4 Å². The third-order valence-electron chi connectivity index (χ3n) is 2.79. The molecule has 0 amide bonds. The fourth-order valence-electron chi connectivity index (χ4n) is 1.89. The van der Waals surface area contributed by atoms with Crippen LogP contribution in [-0.2, 0) is 0 Å². The van der Waals surface area contributed by atoms with Gasteiger partial charge in [-0.25, -0.2) is 0 Å². The third kappa shape index (κ3) is 3.32. The Morgan fingerprint density at radius 2 is 2.20 bits per heavy atom. The van der Waals surface area contributed by atoms with Gasteiger partial charge in [-0.3, -0.25) is 14.9 Å². The number of para-hydroxylation sites is 1. The van der Waals surface area contributed by atoms with Crippen molar-refractivity contribution in [3.05, 3.63) is 33.9 Å². The van der Waals surface area contributed by atoms with Gasteiger partial charge in [0.15, 0.2) is 5.78 Å². The zero-order valence-electron chi connectivity index (χ0n) is 11.5. The van der Waals surface area contributed by atoms with Crippen LogP contribution in [0.1, 0.15) is 37.0 Å². The van der Waals surface area contributed by atoms with Crippen LogP contribution in [0.3, 0.4) is 0 Å². The number of benzene rings is 1. The number of carbonyl (C=O) groups is 1. The van der Waals surface area contributed by atoms with Crippen molar-refractivity contribution in [2.75, 3.05) is 6.61 Å². The van der Waals surface area contributed by atoms with Crippen molar-refractivity contribution in [1.29, 1.82) is 5.26 Å². The molecule has 106 valence electrons. The molecule has 1 rings (SSSR count). The van der Waals surface area contributed by atoms with Crippen LogP contribution in [0.4, 0.5) is 5.69 Å². The molecule has 0 heterocycles. The summed E-state index contributed by atoms with van der Waals surface area (Å²) in [4.78, 5) is 22.7. The quantitative estimate of drug-likeness (QED) is 0.433. The maximum Gasteiger partial charge on any atom is 0.311 e. The van der Waals surface area contributed by atoms with E-state index < -0.39 is 16.6 Å². The zero-order valence-corrected chi connectivity index (χ0v) is 11.5. The average molecular weight is 276 g/mol. The monoisotopic (exact) mass is 276 g/mol. The summed E-state index contributed by atoms with van der Waals surface area (Å²) in [6.07, 6.45) is 1.10. The fourth-order valence-corrected chi connectivity index (χ4v) is 1.89. The summed E-state index contributed by atoms with van der Waals surface area (Å²) in [6.45, 7) is 3.75. The normalized spacial score (nSPS) is 11.4. The Morgan fingerprint density at radius 3 is 2.70 bits per heavy atom. The van der Waals surface area contributed by atoms with Crippen LogP contribution in [0.15, 0.2) is 18.2 Å². The molecule has 0 N–H and O–H groups in total. The van der Waals surface area contributed by atoms with Crippen molar-refractivity contribution < 1.29 is 14.5 Å². The van der Waals surface area contributed by atoms with E-state index >= 15 is 0 Å². The molecule has 0 saturated carbocycles. The van der Waals surface area contributed by atoms with Crippen molar-refractivity contribution in [1.82, 2.24) is 0 Å². The van der Waals surface area contributed by atoms with E-state index in [-0.39, 0.29) is 23.6 Å². The van der Waals surface area contributed by atoms with Crippen LogP contribution >= 0.6 is 0 Å². The molecule has 0 radical (unpaired) electrons. The molecule has 0 aliphatic heterocycles. The molecule has 20 heavy (non-hydrogen) atoms. The van der Waals surface area contributed by atoms with Gasteiger partial charge in [0.25, 0.3) is 0 Å². The molecule has 1 unspecified atom stereocenters. The van der Waals surface area contributed by atoms with E-state index in [1.807, 2.05) is 13.0 Å². The smallest absolute Gasteiger partial charge is 0.311 e. The van der Waals surface area contributed by atoms with Gasteiger partial charge in [-0.15, -0.1) is 0 Å². The van der Waals surface area contributed by atoms with Crippen molar-refractivity contribution >= 4 is 11.5 Å². The summed E-state index contributed by atoms with van der Waals surface area (Å²) >= 11 is 0. The Labute approximate surface area is 117 Å². The first kappa shape index (κ1) is 15.6. The predicted octanol–water partition coefficient (Wildman–Crippen LogP) is 3.12. The topological polar surface area (TPSA) is 93.2 Å². The summed E-state index contributed by atoms with van der Waals surface area (Å²) < 4.78 is 5.25. The molecule has 6 heteroatoms. The predicted molar refractivity (Wildman–Crippen MR) is 72.6 cm³/mol. The largest absolute Gasteiger partial charge is 0.487 e. The minimum atomic E-state index is -0.804. The minimum absolute atomic E-state index is 0.0543. The molecule has 0 fully saturated rings. The Balaban J connectivity index is 3.30. The fraction of sp³-hybridized carbons (Fsp3) is 0.429. The molecule has 0 aromatic heterocycles. The first-order valence-electron chi connectivity index (χ1n) is 6.40. The number of nitrogens with zero attached hydrogens (tertiary/aromatic N) is 2. The Bertz CT molecular complexity index is 549. The van der Waals surface area contributed by atoms with Gasteiger partial charge in [0.1, 0.15) is 5.92 Å². The lowest BCUT2D eigenvalue weighted by atomic mass is 9.94. The minimum Gasteiger partial charge on any atom is -0.487 e. The third-order valence-corrected chi connectivity index (χ3v) is 2.79. The number of Topliss-reactive ketones (excluding diaryl/α,β-unsaturated/α-hetero) is 1. The van der Waals surface area contributed by atoms with Crippen LogP contribution in [0.25, 0.3) is 0 Å². The highest BCUT2D eigenvalue weighted by atomic mass is 16.6. The van der Waals surface area contributed by atoms with Gasteiger partial charge in [0, 0.05) is 6.07 Å². The van der Waals surface area contributed by atoms with E-state index in [4.69, 9.17) is 10.00 Å². The Morgan fingerprint density at radius 1 is 1.50 bits per heavy atom. The van der Waals surface area contributed by atoms with Crippen LogP contribution in [-0.4, -0.2) is 17.3 Å². The number of rotatable bonds is 7. The molecule has 0 saturated heterocycles. The number of nitro groups is 1. The second kappa shape index (κ2) is 7.24. The lowest BCUT2D eigenvalue weighted by Crippen LogP contribution is -2.15. The molecule has 1 aromatic carbocycles. The van der Waals surface area contributed by atoms with Crippen LogP contribution < -0.4 is 4.74 Å². The van der Waals surface area contributed by atoms with E-state index in [0.29, 0.717) is 12.8 Å². The second-order valence-corrected chi connectivity index (χ2v) is 4.18. The van der Waals surface area contributed by atoms with Crippen molar-refractivity contribution in [2.45, 2.75) is 26.7 Å². The Hall–Kier alpha value is -2.42. The van der Waals surface area contributed by atoms with E-state index in [2.05, 4.69) is 0 Å². The summed E-state index contributed by atoms with van der Waals surface area (Å²) in [7, 11) is 0. The number of ether oxygens (including phenoxy) is 1. The van der Waals surface area contributed by atoms with Crippen molar-refractivity contribution in [3.63, 3.8) is 0 Å². The molecule has 1 atom stereocenters. The number of ketones is 1. The number of nitriles is 1. The van der Waals surface area contributed by atoms with Gasteiger partial charge in [-0.05, 0) is 19.4 Å². The van der Waals surface area contributed by atoms with E-state index in [9.17, 15) is 14.9 Å². The summed E-state index contributed by atoms with van der Waals surface area (Å²) in [5.41, 5.74) is -0.160. The van der Waals surface area contributed by atoms with Gasteiger partial charge in [-0.2, -0.15) is 5.26 Å². The molecule has 1 aromatic rings. The first-order valence-corrected chi connectivity index (χ1v) is 6.40. The highest BCUT2D eigenvalue weighted by molar-refractivity contribution is 6.02. The van der Waals surface area contributed by atoms with Gasteiger partial charge in [0.2, 0.25) is 5.75 Å². The summed E-state index contributed by atoms with van der Waals surface area (Å²) in [6, 6.07) is 6.11. The van der Waals surface area contributed by atoms with E-state index in [1.54, 1.807) is 6.92 Å². The number of carbonyl (C=O) groups excluding carboxylic acids is 1. The van der Waals surface area contributed by atoms with E-state index in [0.717, 1.165) is 0 Å². The van der Waals surface area contributed by atoms with Gasteiger partial charge in [-0.1, -0.05) is 19.4 Å². The molecular weight excluding hydrogens is 260 g/mol. The zero-order chi connectivity index (χ0) is 15.1. The number of hydrogen-bond acceptors (Lipinski definition) is 5. The van der Waals surface area contributed by atoms with Gasteiger partial charge >= 0.3 is 5.69 Å². The van der Waals surface area contributed by atoms with Crippen molar-refractivity contribution in [3.8, 4) is 11.8 Å². The second-order valence-electron chi connectivity index (χ2n) is 4.18. The summed E-state index contributed by atoms with van der Waals surface area (Å²) in [5, 5.41) is 20.0. The van der Waals surface area contributed by atoms with Crippen LogP contribution in [0.2, 0.25) is 0 Å². The molecule has 0 aliphatic rings. The lowest BCUT2D eigenvalue weighted by molar-refractivity contribution is -0.385. The standard InChI is InChI=1S/C14H16N2O4/c1-3-6-10(9-15)13(17)11-7-5-8-12(16(18)19)14(11)20-4-2/h5,7-8,10H,3-4,6H2,1-2H3.